The van der Waals surface area contributed by atoms with E-state index in [1.54, 1.807) is 0 Å². The minimum absolute atomic E-state index is 0.0811. The first kappa shape index (κ1) is 18.6. The van der Waals surface area contributed by atoms with Crippen LogP contribution in [0.3, 0.4) is 0 Å². The number of aromatic nitrogens is 2. The highest BCUT2D eigenvalue weighted by molar-refractivity contribution is 5.74. The largest absolute Gasteiger partial charge is 0.435 e. The van der Waals surface area contributed by atoms with E-state index in [1.807, 2.05) is 27.7 Å². The van der Waals surface area contributed by atoms with Gasteiger partial charge in [-0.1, -0.05) is 0 Å². The number of carbonyl (C=O) groups is 1. The summed E-state index contributed by atoms with van der Waals surface area (Å²) in [6.07, 6.45) is -2.69. The quantitative estimate of drug-likeness (QED) is 0.882. The van der Waals surface area contributed by atoms with Crippen LogP contribution in [0.1, 0.15) is 45.4 Å². The van der Waals surface area contributed by atoms with Crippen molar-refractivity contribution in [2.75, 3.05) is 0 Å². The topological polar surface area (TPSA) is 68.2 Å². The van der Waals surface area contributed by atoms with Gasteiger partial charge in [0.25, 0.3) is 0 Å². The number of amides is 2. The third-order valence-electron chi connectivity index (χ3n) is 3.99. The van der Waals surface area contributed by atoms with Gasteiger partial charge >= 0.3 is 12.2 Å². The van der Waals surface area contributed by atoms with E-state index in [0.29, 0.717) is 6.42 Å². The number of halogens is 3. The minimum atomic E-state index is -4.56. The number of ether oxygens (including phenoxy) is 1. The molecular formula is C15H23F3N4O2. The predicted octanol–water partition coefficient (Wildman–Crippen LogP) is 2.58. The molecule has 2 amide bonds. The first-order valence-electron chi connectivity index (χ1n) is 7.64. The van der Waals surface area contributed by atoms with Gasteiger partial charge in [0.1, 0.15) is 0 Å². The zero-order valence-corrected chi connectivity index (χ0v) is 14.4. The molecule has 1 atom stereocenters. The lowest BCUT2D eigenvalue weighted by molar-refractivity contribution is -0.142. The monoisotopic (exact) mass is 348 g/mol. The zero-order valence-electron chi connectivity index (χ0n) is 14.4. The van der Waals surface area contributed by atoms with Gasteiger partial charge in [0.05, 0.1) is 17.2 Å². The Kier molecular flexibility index (Phi) is 4.60. The average molecular weight is 348 g/mol. The average Bonchev–Trinajstić information content (AvgIpc) is 2.83. The molecule has 1 aliphatic heterocycles. The maximum absolute atomic E-state index is 12.9. The van der Waals surface area contributed by atoms with Crippen LogP contribution in [0.5, 0.6) is 0 Å². The maximum Gasteiger partial charge on any atom is 0.435 e. The highest BCUT2D eigenvalue weighted by Gasteiger charge is 2.46. The number of hydrogen-bond donors (Lipinski definition) is 2. The Balaban J connectivity index is 1.98. The molecule has 0 spiro atoms. The summed E-state index contributed by atoms with van der Waals surface area (Å²) >= 11 is 0. The molecule has 0 aliphatic carbocycles. The summed E-state index contributed by atoms with van der Waals surface area (Å²) in [6, 6.07) is -0.769. The van der Waals surface area contributed by atoms with Crippen molar-refractivity contribution in [3.05, 3.63) is 17.5 Å². The first-order valence-corrected chi connectivity index (χ1v) is 7.64. The summed E-state index contributed by atoms with van der Waals surface area (Å²) in [4.78, 5) is 12.1. The molecule has 1 saturated heterocycles. The van der Waals surface area contributed by atoms with Crippen molar-refractivity contribution >= 4 is 6.03 Å². The lowest BCUT2D eigenvalue weighted by atomic mass is 9.95. The molecule has 1 aromatic heterocycles. The molecule has 9 heteroatoms. The van der Waals surface area contributed by atoms with Crippen LogP contribution in [-0.2, 0) is 24.5 Å². The summed E-state index contributed by atoms with van der Waals surface area (Å²) in [5, 5.41) is 8.64. The van der Waals surface area contributed by atoms with Crippen molar-refractivity contribution in [3.8, 4) is 0 Å². The van der Waals surface area contributed by atoms with Crippen LogP contribution in [-0.4, -0.2) is 33.1 Å². The third-order valence-corrected chi connectivity index (χ3v) is 3.99. The van der Waals surface area contributed by atoms with Crippen LogP contribution in [0.25, 0.3) is 0 Å². The molecule has 6 nitrogen and oxygen atoms in total. The summed E-state index contributed by atoms with van der Waals surface area (Å²) in [6.45, 7) is 7.34. The van der Waals surface area contributed by atoms with Crippen LogP contribution < -0.4 is 10.6 Å². The van der Waals surface area contributed by atoms with E-state index in [0.717, 1.165) is 4.68 Å². The fraction of sp³-hybridized carbons (Fsp3) is 0.733. The van der Waals surface area contributed by atoms with Gasteiger partial charge in [-0.3, -0.25) is 4.68 Å². The maximum atomic E-state index is 12.9. The minimum Gasteiger partial charge on any atom is -0.367 e. The molecule has 2 heterocycles. The van der Waals surface area contributed by atoms with Crippen molar-refractivity contribution in [1.29, 1.82) is 0 Å². The number of rotatable bonds is 3. The molecule has 0 bridgehead atoms. The van der Waals surface area contributed by atoms with Gasteiger partial charge in [-0.2, -0.15) is 18.3 Å². The van der Waals surface area contributed by atoms with Gasteiger partial charge in [0, 0.05) is 25.4 Å². The second kappa shape index (κ2) is 5.94. The molecule has 1 unspecified atom stereocenters. The highest BCUT2D eigenvalue weighted by Crippen LogP contribution is 2.37. The van der Waals surface area contributed by atoms with Crippen molar-refractivity contribution < 1.29 is 22.7 Å². The fourth-order valence-electron chi connectivity index (χ4n) is 3.08. The molecule has 1 aliphatic rings. The van der Waals surface area contributed by atoms with Crippen LogP contribution in [0.2, 0.25) is 0 Å². The molecule has 0 saturated carbocycles. The summed E-state index contributed by atoms with van der Waals surface area (Å²) in [5.74, 6) is 0. The Morgan fingerprint density at radius 3 is 2.54 bits per heavy atom. The lowest BCUT2D eigenvalue weighted by Crippen LogP contribution is -2.49. The van der Waals surface area contributed by atoms with E-state index >= 15 is 0 Å². The molecule has 136 valence electrons. The normalized spacial score (nSPS) is 22.4. The molecule has 2 rings (SSSR count). The second-order valence-corrected chi connectivity index (χ2v) is 7.22. The van der Waals surface area contributed by atoms with Gasteiger partial charge in [0.2, 0.25) is 0 Å². The number of carbonyl (C=O) groups excluding carboxylic acids is 1. The predicted molar refractivity (Wildman–Crippen MR) is 81.2 cm³/mol. The smallest absolute Gasteiger partial charge is 0.367 e. The van der Waals surface area contributed by atoms with Crippen molar-refractivity contribution in [1.82, 2.24) is 20.4 Å². The van der Waals surface area contributed by atoms with Crippen LogP contribution >= 0.6 is 0 Å². The van der Waals surface area contributed by atoms with Gasteiger partial charge in [-0.15, -0.1) is 0 Å². The Hall–Kier alpha value is -1.77. The summed E-state index contributed by atoms with van der Waals surface area (Å²) < 4.78 is 45.6. The molecule has 1 fully saturated rings. The number of aryl methyl sites for hydroxylation is 1. The highest BCUT2D eigenvalue weighted by atomic mass is 19.4. The zero-order chi connectivity index (χ0) is 18.3. The van der Waals surface area contributed by atoms with Gasteiger partial charge < -0.3 is 15.4 Å². The SMILES string of the molecule is Cn1cc(CNC(=O)NC2CC(C)(C)OC2(C)C)c(C(F)(F)F)n1. The molecule has 0 radical (unpaired) electrons. The second-order valence-electron chi connectivity index (χ2n) is 7.22. The van der Waals surface area contributed by atoms with E-state index in [2.05, 4.69) is 15.7 Å². The van der Waals surface area contributed by atoms with Crippen molar-refractivity contribution in [2.45, 2.75) is 64.1 Å². The van der Waals surface area contributed by atoms with Gasteiger partial charge in [-0.25, -0.2) is 4.79 Å². The summed E-state index contributed by atoms with van der Waals surface area (Å²) in [7, 11) is 1.40. The van der Waals surface area contributed by atoms with Crippen molar-refractivity contribution in [3.63, 3.8) is 0 Å². The van der Waals surface area contributed by atoms with E-state index in [4.69, 9.17) is 4.74 Å². The number of urea groups is 1. The Labute approximate surface area is 138 Å². The first-order chi connectivity index (χ1) is 10.8. The standard InChI is InChI=1S/C15H23F3N4O2/c1-13(2)6-10(14(3,4)24-13)20-12(23)19-7-9-8-22(5)21-11(9)15(16,17)18/h8,10H,6-7H2,1-5H3,(H2,19,20,23). The number of alkyl halides is 3. The molecular weight excluding hydrogens is 325 g/mol. The van der Waals surface area contributed by atoms with Crippen molar-refractivity contribution in [2.24, 2.45) is 7.05 Å². The lowest BCUT2D eigenvalue weighted by Gasteiger charge is -2.27. The van der Waals surface area contributed by atoms with Crippen LogP contribution in [0, 0.1) is 0 Å². The number of nitrogens with one attached hydrogen (secondary N) is 2. The molecule has 1 aromatic rings. The van der Waals surface area contributed by atoms with Gasteiger partial charge in [0.15, 0.2) is 5.69 Å². The number of hydrogen-bond acceptors (Lipinski definition) is 3. The third kappa shape index (κ3) is 4.19. The van der Waals surface area contributed by atoms with E-state index < -0.39 is 23.5 Å². The van der Waals surface area contributed by atoms with Gasteiger partial charge in [-0.05, 0) is 34.1 Å². The molecule has 0 aromatic carbocycles. The van der Waals surface area contributed by atoms with Crippen LogP contribution in [0.4, 0.5) is 18.0 Å². The Bertz CT molecular complexity index is 623. The number of nitrogens with zero attached hydrogens (tertiary/aromatic N) is 2. The Morgan fingerprint density at radius 2 is 2.04 bits per heavy atom. The van der Waals surface area contributed by atoms with E-state index in [1.165, 1.54) is 13.2 Å². The Morgan fingerprint density at radius 1 is 1.42 bits per heavy atom. The molecule has 2 N–H and O–H groups in total. The van der Waals surface area contributed by atoms with Crippen LogP contribution in [0.15, 0.2) is 6.20 Å². The summed E-state index contributed by atoms with van der Waals surface area (Å²) in [5.41, 5.74) is -1.99. The fourth-order valence-corrected chi connectivity index (χ4v) is 3.08. The van der Waals surface area contributed by atoms with E-state index in [9.17, 15) is 18.0 Å². The molecule has 24 heavy (non-hydrogen) atoms. The van der Waals surface area contributed by atoms with E-state index in [-0.39, 0.29) is 23.8 Å².